The van der Waals surface area contributed by atoms with Gasteiger partial charge < -0.3 is 35.4 Å². The van der Waals surface area contributed by atoms with Crippen LogP contribution in [0.25, 0.3) is 0 Å². The van der Waals surface area contributed by atoms with Crippen molar-refractivity contribution < 1.29 is 27.0 Å². The summed E-state index contributed by atoms with van der Waals surface area (Å²) in [6, 6.07) is 17.4. The topological polar surface area (TPSA) is 37.3 Å². The van der Waals surface area contributed by atoms with Crippen LogP contribution in [0.15, 0.2) is 54.6 Å². The third-order valence-corrected chi connectivity index (χ3v) is 2.35. The first-order valence-corrected chi connectivity index (χ1v) is 5.36. The molecule has 0 aliphatic heterocycles. The second kappa shape index (κ2) is 8.80. The maximum Gasteiger partial charge on any atom is 0.299 e. The van der Waals surface area contributed by atoms with Crippen LogP contribution < -0.4 is 0 Å². The molecule has 0 bridgehead atoms. The molecule has 0 aliphatic carbocycles. The van der Waals surface area contributed by atoms with Crippen molar-refractivity contribution in [3.8, 4) is 0 Å². The van der Waals surface area contributed by atoms with Crippen LogP contribution in [0.5, 0.6) is 0 Å². The zero-order chi connectivity index (χ0) is 11.8. The summed E-state index contributed by atoms with van der Waals surface area (Å²) in [4.78, 5) is 10.6. The fourth-order valence-corrected chi connectivity index (χ4v) is 1.49. The molecule has 17 heavy (non-hydrogen) atoms. The Kier molecular flexibility index (Phi) is 8.12. The van der Waals surface area contributed by atoms with Crippen LogP contribution >= 0.6 is 0 Å². The summed E-state index contributed by atoms with van der Waals surface area (Å²) in [5, 5.41) is 8.75. The Morgan fingerprint density at radius 2 is 1.59 bits per heavy atom. The van der Waals surface area contributed by atoms with Gasteiger partial charge >= 0.3 is 0 Å². The number of hydrogen-bond acceptors (Lipinski definition) is 1. The van der Waals surface area contributed by atoms with Crippen molar-refractivity contribution in [2.24, 2.45) is 0 Å². The van der Waals surface area contributed by atoms with Gasteiger partial charge in [0, 0.05) is 23.0 Å². The van der Waals surface area contributed by atoms with Gasteiger partial charge in [-0.05, 0) is 6.42 Å². The maximum absolute atomic E-state index is 10.6. The normalized spacial score (nSPS) is 10.6. The van der Waals surface area contributed by atoms with E-state index in [0.717, 1.165) is 5.56 Å². The first kappa shape index (κ1) is 15.7. The van der Waals surface area contributed by atoms with E-state index in [9.17, 15) is 4.79 Å². The first-order valence-electron chi connectivity index (χ1n) is 5.36. The van der Waals surface area contributed by atoms with Crippen LogP contribution in [0.4, 0.5) is 0 Å². The molecule has 1 N–H and O–H groups in total. The van der Waals surface area contributed by atoms with Crippen LogP contribution in [-0.2, 0) is 21.9 Å². The van der Waals surface area contributed by atoms with Gasteiger partial charge in [-0.15, -0.1) is 5.56 Å². The van der Waals surface area contributed by atoms with Crippen molar-refractivity contribution >= 4 is 5.97 Å². The molecule has 2 aromatic rings. The number of carboxylic acids is 1. The van der Waals surface area contributed by atoms with Gasteiger partial charge in [0.15, 0.2) is 0 Å². The van der Waals surface area contributed by atoms with Gasteiger partial charge in [0.2, 0.25) is 0 Å². The van der Waals surface area contributed by atoms with Crippen LogP contribution in [0.2, 0.25) is 0 Å². The van der Waals surface area contributed by atoms with Crippen molar-refractivity contribution in [3.05, 3.63) is 60.2 Å². The Morgan fingerprint density at radius 1 is 1.18 bits per heavy atom. The van der Waals surface area contributed by atoms with Crippen LogP contribution in [0.3, 0.4) is 0 Å². The fraction of sp³-hybridized carbons (Fsp3) is 0.214. The van der Waals surface area contributed by atoms with E-state index in [0.29, 0.717) is 6.42 Å². The summed E-state index contributed by atoms with van der Waals surface area (Å²) < 4.78 is 0. The molecule has 0 saturated carbocycles. The van der Waals surface area contributed by atoms with Crippen LogP contribution in [0.1, 0.15) is 24.8 Å². The quantitative estimate of drug-likeness (QED) is 0.687. The fourth-order valence-electron chi connectivity index (χ4n) is 1.49. The second-order valence-corrected chi connectivity index (χ2v) is 3.48. The summed E-state index contributed by atoms with van der Waals surface area (Å²) in [5.74, 6) is -1.07. The van der Waals surface area contributed by atoms with Crippen molar-refractivity contribution in [3.63, 3.8) is 0 Å². The van der Waals surface area contributed by atoms with E-state index in [2.05, 4.69) is 0 Å². The van der Waals surface area contributed by atoms with Crippen molar-refractivity contribution in [2.45, 2.75) is 19.3 Å². The summed E-state index contributed by atoms with van der Waals surface area (Å²) >= 11 is 0. The summed E-state index contributed by atoms with van der Waals surface area (Å²) in [5.41, 5.74) is 0.903. The molecule has 3 heteroatoms. The molecular weight excluding hydrogens is 256 g/mol. The van der Waals surface area contributed by atoms with E-state index in [1.54, 1.807) is 0 Å². The number of hydrogen-bond donors (Lipinski definition) is 1. The van der Waals surface area contributed by atoms with E-state index in [4.69, 9.17) is 5.11 Å². The zero-order valence-corrected chi connectivity index (χ0v) is 10.8. The molecule has 1 unspecified atom stereocenters. The molecule has 0 aliphatic rings. The van der Waals surface area contributed by atoms with Crippen LogP contribution in [-0.4, -0.2) is 11.1 Å². The summed E-state index contributed by atoms with van der Waals surface area (Å²) in [7, 11) is 0. The molecule has 0 fully saturated rings. The monoisotopic (exact) mass is 272 g/mol. The molecule has 2 nitrogen and oxygen atoms in total. The van der Waals surface area contributed by atoms with Gasteiger partial charge in [0.05, 0.1) is 0 Å². The van der Waals surface area contributed by atoms with Gasteiger partial charge in [0.1, 0.15) is 0 Å². The third kappa shape index (κ3) is 5.53. The average molecular weight is 272 g/mol. The molecule has 2 rings (SSSR count). The standard InChI is InChI=1S/C9H11O2.C5H5.Fe/c1-2-8(9(10)11)7-5-3-4-6-7;1-2-4-5-3-1;/h3-6,8H,2H2,1H3,(H,10,11);1-5H;/q-1;-5;. The molecule has 0 amide bonds. The first-order chi connectivity index (χ1) is 7.75. The van der Waals surface area contributed by atoms with E-state index >= 15 is 0 Å². The Morgan fingerprint density at radius 3 is 1.88 bits per heavy atom. The SMILES string of the molecule is CCC(C(=O)O)[c-]1cccc1.[Fe].[cH-]1[cH-][cH-][cH-][cH-]1. The van der Waals surface area contributed by atoms with E-state index in [1.807, 2.05) is 61.5 Å². The number of rotatable bonds is 3. The van der Waals surface area contributed by atoms with E-state index in [1.165, 1.54) is 0 Å². The predicted octanol–water partition coefficient (Wildman–Crippen LogP) is 3.39. The van der Waals surface area contributed by atoms with Crippen molar-refractivity contribution in [2.75, 3.05) is 0 Å². The summed E-state index contributed by atoms with van der Waals surface area (Å²) in [6.07, 6.45) is 0.652. The molecule has 0 spiro atoms. The van der Waals surface area contributed by atoms with Crippen molar-refractivity contribution in [1.82, 2.24) is 0 Å². The minimum atomic E-state index is -0.737. The van der Waals surface area contributed by atoms with Gasteiger partial charge in [-0.3, -0.25) is 4.79 Å². The van der Waals surface area contributed by atoms with E-state index in [-0.39, 0.29) is 23.0 Å². The van der Waals surface area contributed by atoms with Gasteiger partial charge in [0.25, 0.3) is 5.97 Å². The largest absolute Gasteiger partial charge is 0.748 e. The Balaban J connectivity index is 0.000000360. The van der Waals surface area contributed by atoms with Gasteiger partial charge in [-0.25, -0.2) is 12.1 Å². The number of carboxylic acid groups (broad SMARTS) is 1. The smallest absolute Gasteiger partial charge is 0.299 e. The average Bonchev–Trinajstić information content (AvgIpc) is 2.94. The molecule has 2 aromatic carbocycles. The van der Waals surface area contributed by atoms with Crippen molar-refractivity contribution in [1.29, 1.82) is 0 Å². The Labute approximate surface area is 112 Å². The van der Waals surface area contributed by atoms with Crippen LogP contribution in [0, 0.1) is 0 Å². The predicted molar refractivity (Wildman–Crippen MR) is 64.7 cm³/mol. The van der Waals surface area contributed by atoms with E-state index < -0.39 is 5.97 Å². The Bertz CT molecular complexity index is 359. The second-order valence-electron chi connectivity index (χ2n) is 3.48. The Hall–Kier alpha value is -1.31. The van der Waals surface area contributed by atoms with Gasteiger partial charge in [-0.2, -0.15) is 12.1 Å². The molecule has 0 saturated heterocycles. The molecule has 98 valence electrons. The molecule has 0 radical (unpaired) electrons. The number of carbonyl (C=O) groups is 1. The molecular formula is C14H16FeO2-6. The van der Waals surface area contributed by atoms with Gasteiger partial charge in [-0.1, -0.05) is 6.92 Å². The minimum absolute atomic E-state index is 0. The minimum Gasteiger partial charge on any atom is -0.748 e. The maximum atomic E-state index is 10.6. The third-order valence-electron chi connectivity index (χ3n) is 2.35. The zero-order valence-electron chi connectivity index (χ0n) is 9.69. The summed E-state index contributed by atoms with van der Waals surface area (Å²) in [6.45, 7) is 1.88. The molecule has 1 atom stereocenters. The molecule has 0 aromatic heterocycles. The number of aliphatic carboxylic acids is 1. The molecule has 0 heterocycles.